The van der Waals surface area contributed by atoms with E-state index in [2.05, 4.69) is 20.9 Å². The van der Waals surface area contributed by atoms with Crippen LogP contribution in [0.4, 0.5) is 0 Å². The maximum atomic E-state index is 10.6. The molecule has 0 unspecified atom stereocenters. The van der Waals surface area contributed by atoms with Gasteiger partial charge in [0, 0.05) is 17.3 Å². The minimum Gasteiger partial charge on any atom is -0.438 e. The molecule has 2 aromatic rings. The molecule has 1 aromatic carbocycles. The van der Waals surface area contributed by atoms with Crippen molar-refractivity contribution in [2.75, 3.05) is 0 Å². The Hall–Kier alpha value is -1.68. The number of aldehydes is 1. The summed E-state index contributed by atoms with van der Waals surface area (Å²) in [6.45, 7) is 1.85. The number of halogens is 1. The molecule has 0 aliphatic heterocycles. The molecular formula is C13H10BrNO2. The van der Waals surface area contributed by atoms with Crippen molar-refractivity contribution in [3.63, 3.8) is 0 Å². The summed E-state index contributed by atoms with van der Waals surface area (Å²) in [5.74, 6) is 1.20. The van der Waals surface area contributed by atoms with Crippen molar-refractivity contribution in [2.45, 2.75) is 6.92 Å². The average Bonchev–Trinajstić information content (AvgIpc) is 2.34. The minimum atomic E-state index is 0.502. The highest BCUT2D eigenvalue weighted by Gasteiger charge is 2.06. The van der Waals surface area contributed by atoms with Crippen LogP contribution in [-0.2, 0) is 0 Å². The zero-order valence-corrected chi connectivity index (χ0v) is 10.8. The summed E-state index contributed by atoms with van der Waals surface area (Å²) in [5, 5.41) is 0. The van der Waals surface area contributed by atoms with Crippen LogP contribution in [0, 0.1) is 6.92 Å². The van der Waals surface area contributed by atoms with E-state index >= 15 is 0 Å². The largest absolute Gasteiger partial charge is 0.438 e. The van der Waals surface area contributed by atoms with E-state index in [1.54, 1.807) is 6.07 Å². The number of hydrogen-bond donors (Lipinski definition) is 0. The highest BCUT2D eigenvalue weighted by molar-refractivity contribution is 9.10. The SMILES string of the molecule is Cc1cc(C=O)cnc1Oc1ccccc1Br. The number of carbonyl (C=O) groups is 1. The summed E-state index contributed by atoms with van der Waals surface area (Å²) in [4.78, 5) is 14.7. The summed E-state index contributed by atoms with van der Waals surface area (Å²) in [7, 11) is 0. The van der Waals surface area contributed by atoms with E-state index in [1.807, 2.05) is 31.2 Å². The molecule has 4 heteroatoms. The van der Waals surface area contributed by atoms with Crippen molar-refractivity contribution >= 4 is 22.2 Å². The van der Waals surface area contributed by atoms with E-state index in [0.29, 0.717) is 17.2 Å². The third kappa shape index (κ3) is 2.71. The van der Waals surface area contributed by atoms with Gasteiger partial charge in [-0.05, 0) is 41.1 Å². The fourth-order valence-corrected chi connectivity index (χ4v) is 1.75. The van der Waals surface area contributed by atoms with Crippen LogP contribution in [-0.4, -0.2) is 11.3 Å². The smallest absolute Gasteiger partial charge is 0.222 e. The van der Waals surface area contributed by atoms with Gasteiger partial charge in [-0.3, -0.25) is 4.79 Å². The Balaban J connectivity index is 2.31. The molecule has 0 atom stereocenters. The van der Waals surface area contributed by atoms with Gasteiger partial charge in [-0.1, -0.05) is 12.1 Å². The normalized spacial score (nSPS) is 10.0. The number of aryl methyl sites for hydroxylation is 1. The molecule has 2 rings (SSSR count). The van der Waals surface area contributed by atoms with Gasteiger partial charge in [-0.2, -0.15) is 0 Å². The van der Waals surface area contributed by atoms with Crippen LogP contribution >= 0.6 is 15.9 Å². The van der Waals surface area contributed by atoms with Gasteiger partial charge in [0.15, 0.2) is 6.29 Å². The zero-order valence-electron chi connectivity index (χ0n) is 9.18. The molecule has 0 amide bonds. The first-order valence-corrected chi connectivity index (χ1v) is 5.84. The number of carbonyl (C=O) groups excluding carboxylic acids is 1. The van der Waals surface area contributed by atoms with E-state index in [9.17, 15) is 4.79 Å². The number of aromatic nitrogens is 1. The summed E-state index contributed by atoms with van der Waals surface area (Å²) in [6.07, 6.45) is 2.26. The van der Waals surface area contributed by atoms with Gasteiger partial charge in [-0.15, -0.1) is 0 Å². The van der Waals surface area contributed by atoms with Crippen molar-refractivity contribution in [3.05, 3.63) is 52.1 Å². The van der Waals surface area contributed by atoms with Gasteiger partial charge in [0.1, 0.15) is 5.75 Å². The lowest BCUT2D eigenvalue weighted by Crippen LogP contribution is -1.93. The quantitative estimate of drug-likeness (QED) is 0.809. The van der Waals surface area contributed by atoms with Crippen LogP contribution < -0.4 is 4.74 Å². The summed E-state index contributed by atoms with van der Waals surface area (Å²) < 4.78 is 6.53. The van der Waals surface area contributed by atoms with Crippen LogP contribution in [0.25, 0.3) is 0 Å². The van der Waals surface area contributed by atoms with E-state index in [0.717, 1.165) is 16.3 Å². The van der Waals surface area contributed by atoms with E-state index < -0.39 is 0 Å². The molecular weight excluding hydrogens is 282 g/mol. The Bertz CT molecular complexity index is 555. The fraction of sp³-hybridized carbons (Fsp3) is 0.0769. The lowest BCUT2D eigenvalue weighted by atomic mass is 10.2. The average molecular weight is 292 g/mol. The number of ether oxygens (including phenoxy) is 1. The summed E-state index contributed by atoms with van der Waals surface area (Å²) in [5.41, 5.74) is 1.37. The minimum absolute atomic E-state index is 0.502. The zero-order chi connectivity index (χ0) is 12.3. The van der Waals surface area contributed by atoms with Crippen molar-refractivity contribution in [2.24, 2.45) is 0 Å². The number of pyridine rings is 1. The molecule has 17 heavy (non-hydrogen) atoms. The van der Waals surface area contributed by atoms with Crippen LogP contribution in [0.5, 0.6) is 11.6 Å². The van der Waals surface area contributed by atoms with Gasteiger partial charge in [-0.25, -0.2) is 4.98 Å². The predicted molar refractivity (Wildman–Crippen MR) is 68.6 cm³/mol. The molecule has 0 spiro atoms. The fourth-order valence-electron chi connectivity index (χ4n) is 1.39. The van der Waals surface area contributed by atoms with E-state index in [-0.39, 0.29) is 0 Å². The third-order valence-electron chi connectivity index (χ3n) is 2.23. The summed E-state index contributed by atoms with van der Waals surface area (Å²) >= 11 is 3.40. The van der Waals surface area contributed by atoms with Crippen LogP contribution in [0.3, 0.4) is 0 Å². The predicted octanol–water partition coefficient (Wildman–Crippen LogP) is 3.76. The third-order valence-corrected chi connectivity index (χ3v) is 2.89. The second-order valence-electron chi connectivity index (χ2n) is 3.54. The molecule has 0 bridgehead atoms. The Morgan fingerprint density at radius 3 is 2.76 bits per heavy atom. The monoisotopic (exact) mass is 291 g/mol. The first-order chi connectivity index (χ1) is 8.20. The van der Waals surface area contributed by atoms with E-state index in [4.69, 9.17) is 4.74 Å². The van der Waals surface area contributed by atoms with Crippen molar-refractivity contribution in [1.29, 1.82) is 0 Å². The molecule has 1 heterocycles. The molecule has 0 saturated heterocycles. The Kier molecular flexibility index (Phi) is 3.54. The van der Waals surface area contributed by atoms with Crippen LogP contribution in [0.2, 0.25) is 0 Å². The first-order valence-electron chi connectivity index (χ1n) is 5.05. The summed E-state index contributed by atoms with van der Waals surface area (Å²) in [6, 6.07) is 9.28. The maximum Gasteiger partial charge on any atom is 0.222 e. The molecule has 0 aliphatic rings. The Morgan fingerprint density at radius 1 is 1.35 bits per heavy atom. The standard InChI is InChI=1S/C13H10BrNO2/c1-9-6-10(8-16)7-15-13(9)17-12-5-3-2-4-11(12)14/h2-8H,1H3. The van der Waals surface area contributed by atoms with Crippen LogP contribution in [0.15, 0.2) is 41.0 Å². The van der Waals surface area contributed by atoms with Gasteiger partial charge in [0.25, 0.3) is 0 Å². The van der Waals surface area contributed by atoms with Crippen LogP contribution in [0.1, 0.15) is 15.9 Å². The molecule has 0 N–H and O–H groups in total. The Labute approximate surface area is 108 Å². The molecule has 86 valence electrons. The highest BCUT2D eigenvalue weighted by atomic mass is 79.9. The number of rotatable bonds is 3. The van der Waals surface area contributed by atoms with Gasteiger partial charge >= 0.3 is 0 Å². The molecule has 1 aromatic heterocycles. The van der Waals surface area contributed by atoms with Crippen molar-refractivity contribution in [3.8, 4) is 11.6 Å². The number of hydrogen-bond acceptors (Lipinski definition) is 3. The lowest BCUT2D eigenvalue weighted by molar-refractivity contribution is 0.112. The van der Waals surface area contributed by atoms with Crippen molar-refractivity contribution < 1.29 is 9.53 Å². The molecule has 0 saturated carbocycles. The van der Waals surface area contributed by atoms with E-state index in [1.165, 1.54) is 6.20 Å². The topological polar surface area (TPSA) is 39.2 Å². The Morgan fingerprint density at radius 2 is 2.12 bits per heavy atom. The first kappa shape index (κ1) is 11.8. The van der Waals surface area contributed by atoms with Gasteiger partial charge in [0.2, 0.25) is 5.88 Å². The number of nitrogens with zero attached hydrogens (tertiary/aromatic N) is 1. The molecule has 0 aliphatic carbocycles. The van der Waals surface area contributed by atoms with Crippen molar-refractivity contribution in [1.82, 2.24) is 4.98 Å². The second kappa shape index (κ2) is 5.10. The van der Waals surface area contributed by atoms with Gasteiger partial charge in [0.05, 0.1) is 4.47 Å². The maximum absolute atomic E-state index is 10.6. The second-order valence-corrected chi connectivity index (χ2v) is 4.40. The number of para-hydroxylation sites is 1. The number of benzene rings is 1. The van der Waals surface area contributed by atoms with Gasteiger partial charge < -0.3 is 4.74 Å². The molecule has 3 nitrogen and oxygen atoms in total. The lowest BCUT2D eigenvalue weighted by Gasteiger charge is -2.08. The highest BCUT2D eigenvalue weighted by Crippen LogP contribution is 2.29. The molecule has 0 fully saturated rings. The molecule has 0 radical (unpaired) electrons.